The van der Waals surface area contributed by atoms with Crippen LogP contribution in [0.25, 0.3) is 0 Å². The first kappa shape index (κ1) is 14.7. The second-order valence-electron chi connectivity index (χ2n) is 5.41. The summed E-state index contributed by atoms with van der Waals surface area (Å²) in [5.74, 6) is -0.451. The number of rotatable bonds is 3. The summed E-state index contributed by atoms with van der Waals surface area (Å²) in [7, 11) is 0. The second-order valence-corrected chi connectivity index (χ2v) is 5.85. The predicted octanol–water partition coefficient (Wildman–Crippen LogP) is 3.42. The molecule has 0 radical (unpaired) electrons. The van der Waals surface area contributed by atoms with Crippen molar-refractivity contribution in [2.75, 3.05) is 4.90 Å². The van der Waals surface area contributed by atoms with E-state index in [0.29, 0.717) is 10.8 Å². The van der Waals surface area contributed by atoms with E-state index in [2.05, 4.69) is 4.98 Å². The molecule has 1 aliphatic heterocycles. The third kappa shape index (κ3) is 2.62. The van der Waals surface area contributed by atoms with Gasteiger partial charge in [0.15, 0.2) is 0 Å². The minimum atomic E-state index is -0.354. The fraction of sp³-hybridized carbons (Fsp3) is 0.235. The van der Waals surface area contributed by atoms with Crippen LogP contribution in [0.4, 0.5) is 5.82 Å². The summed E-state index contributed by atoms with van der Waals surface area (Å²) in [4.78, 5) is 30.1. The Balaban J connectivity index is 1.87. The highest BCUT2D eigenvalue weighted by atomic mass is 35.5. The lowest BCUT2D eigenvalue weighted by atomic mass is 9.86. The SMILES string of the molecule is C[C@H](c1ccccc1)[C@H]1CC(=O)N(c2ccc(Cl)cn2)C1=O. The number of anilines is 1. The molecule has 0 unspecified atom stereocenters. The van der Waals surface area contributed by atoms with Crippen molar-refractivity contribution in [3.8, 4) is 0 Å². The van der Waals surface area contributed by atoms with Gasteiger partial charge in [0, 0.05) is 12.6 Å². The van der Waals surface area contributed by atoms with Crippen molar-refractivity contribution < 1.29 is 9.59 Å². The zero-order chi connectivity index (χ0) is 15.7. The highest BCUT2D eigenvalue weighted by Gasteiger charge is 2.43. The number of hydrogen-bond acceptors (Lipinski definition) is 3. The Kier molecular flexibility index (Phi) is 3.94. The molecule has 1 aromatic carbocycles. The molecule has 2 amide bonds. The van der Waals surface area contributed by atoms with Crippen LogP contribution < -0.4 is 4.90 Å². The van der Waals surface area contributed by atoms with Crippen LogP contribution in [0.1, 0.15) is 24.8 Å². The van der Waals surface area contributed by atoms with Gasteiger partial charge in [0.25, 0.3) is 0 Å². The number of nitrogens with zero attached hydrogens (tertiary/aromatic N) is 2. The van der Waals surface area contributed by atoms with Gasteiger partial charge in [-0.3, -0.25) is 9.59 Å². The lowest BCUT2D eigenvalue weighted by molar-refractivity contribution is -0.122. The number of benzene rings is 1. The molecule has 112 valence electrons. The summed E-state index contributed by atoms with van der Waals surface area (Å²) in [5.41, 5.74) is 1.06. The summed E-state index contributed by atoms with van der Waals surface area (Å²) >= 11 is 5.80. The van der Waals surface area contributed by atoms with Crippen LogP contribution >= 0.6 is 11.6 Å². The van der Waals surface area contributed by atoms with E-state index in [1.54, 1.807) is 12.1 Å². The number of aromatic nitrogens is 1. The van der Waals surface area contributed by atoms with Gasteiger partial charge >= 0.3 is 0 Å². The fourth-order valence-corrected chi connectivity index (χ4v) is 2.89. The second kappa shape index (κ2) is 5.89. The molecule has 1 aromatic heterocycles. The molecule has 1 fully saturated rings. The van der Waals surface area contributed by atoms with Crippen LogP contribution in [-0.4, -0.2) is 16.8 Å². The number of halogens is 1. The van der Waals surface area contributed by atoms with E-state index in [0.717, 1.165) is 5.56 Å². The number of hydrogen-bond donors (Lipinski definition) is 0. The molecule has 0 aliphatic carbocycles. The molecule has 3 rings (SSSR count). The largest absolute Gasteiger partial charge is 0.274 e. The van der Waals surface area contributed by atoms with Crippen LogP contribution in [0.15, 0.2) is 48.7 Å². The number of pyridine rings is 1. The molecule has 0 saturated carbocycles. The molecular formula is C17H15ClN2O2. The molecule has 1 aliphatic rings. The Hall–Kier alpha value is -2.20. The first-order valence-electron chi connectivity index (χ1n) is 7.11. The first-order chi connectivity index (χ1) is 10.6. The number of carbonyl (C=O) groups is 2. The first-order valence-corrected chi connectivity index (χ1v) is 7.49. The van der Waals surface area contributed by atoms with E-state index in [1.807, 2.05) is 37.3 Å². The lowest BCUT2D eigenvalue weighted by Gasteiger charge is -2.18. The monoisotopic (exact) mass is 314 g/mol. The van der Waals surface area contributed by atoms with E-state index >= 15 is 0 Å². The molecule has 4 nitrogen and oxygen atoms in total. The van der Waals surface area contributed by atoms with E-state index in [9.17, 15) is 9.59 Å². The summed E-state index contributed by atoms with van der Waals surface area (Å²) in [5, 5.41) is 0.469. The Morgan fingerprint density at radius 3 is 2.55 bits per heavy atom. The average Bonchev–Trinajstić information content (AvgIpc) is 2.83. The normalized spacial score (nSPS) is 19.5. The fourth-order valence-electron chi connectivity index (χ4n) is 2.78. The van der Waals surface area contributed by atoms with Gasteiger partial charge in [0.2, 0.25) is 11.8 Å². The smallest absolute Gasteiger partial charge is 0.239 e. The van der Waals surface area contributed by atoms with Gasteiger partial charge in [-0.2, -0.15) is 0 Å². The number of imide groups is 1. The summed E-state index contributed by atoms with van der Waals surface area (Å²) in [6.07, 6.45) is 1.64. The standard InChI is InChI=1S/C17H15ClN2O2/c1-11(12-5-3-2-4-6-12)14-9-16(21)20(17(14)22)15-8-7-13(18)10-19-15/h2-8,10-11,14H,9H2,1H3/t11-,14-/m1/s1. The van der Waals surface area contributed by atoms with Crippen LogP contribution in [0.2, 0.25) is 5.02 Å². The zero-order valence-electron chi connectivity index (χ0n) is 12.1. The highest BCUT2D eigenvalue weighted by molar-refractivity contribution is 6.30. The number of amides is 2. The number of carbonyl (C=O) groups excluding carboxylic acids is 2. The van der Waals surface area contributed by atoms with Gasteiger partial charge in [-0.05, 0) is 23.6 Å². The third-order valence-electron chi connectivity index (χ3n) is 4.05. The highest BCUT2D eigenvalue weighted by Crippen LogP contribution is 2.35. The average molecular weight is 315 g/mol. The van der Waals surface area contributed by atoms with Crippen molar-refractivity contribution >= 4 is 29.2 Å². The van der Waals surface area contributed by atoms with Crippen LogP contribution in [-0.2, 0) is 9.59 Å². The van der Waals surface area contributed by atoms with Gasteiger partial charge < -0.3 is 0 Å². The molecule has 2 aromatic rings. The molecule has 2 atom stereocenters. The summed E-state index contributed by atoms with van der Waals surface area (Å²) < 4.78 is 0. The van der Waals surface area contributed by atoms with Crippen molar-refractivity contribution in [3.05, 3.63) is 59.2 Å². The lowest BCUT2D eigenvalue weighted by Crippen LogP contribution is -2.32. The van der Waals surface area contributed by atoms with Gasteiger partial charge in [-0.25, -0.2) is 9.88 Å². The van der Waals surface area contributed by atoms with Crippen LogP contribution in [0.5, 0.6) is 0 Å². The predicted molar refractivity (Wildman–Crippen MR) is 84.7 cm³/mol. The maximum absolute atomic E-state index is 12.6. The van der Waals surface area contributed by atoms with Crippen molar-refractivity contribution in [1.29, 1.82) is 0 Å². The molecular weight excluding hydrogens is 300 g/mol. The molecule has 1 saturated heterocycles. The molecule has 2 heterocycles. The van der Waals surface area contributed by atoms with E-state index in [4.69, 9.17) is 11.6 Å². The van der Waals surface area contributed by atoms with Crippen LogP contribution in [0.3, 0.4) is 0 Å². The Labute approximate surface area is 133 Å². The third-order valence-corrected chi connectivity index (χ3v) is 4.27. The Bertz CT molecular complexity index is 700. The van der Waals surface area contributed by atoms with Crippen molar-refractivity contribution in [2.45, 2.75) is 19.3 Å². The van der Waals surface area contributed by atoms with Gasteiger partial charge in [-0.15, -0.1) is 0 Å². The molecule has 22 heavy (non-hydrogen) atoms. The summed E-state index contributed by atoms with van der Waals surface area (Å²) in [6.45, 7) is 1.98. The quantitative estimate of drug-likeness (QED) is 0.816. The summed E-state index contributed by atoms with van der Waals surface area (Å²) in [6, 6.07) is 13.0. The van der Waals surface area contributed by atoms with Gasteiger partial charge in [-0.1, -0.05) is 48.9 Å². The van der Waals surface area contributed by atoms with Crippen molar-refractivity contribution in [2.24, 2.45) is 5.92 Å². The van der Waals surface area contributed by atoms with E-state index in [-0.39, 0.29) is 30.1 Å². The molecule has 0 bridgehead atoms. The van der Waals surface area contributed by atoms with Crippen LogP contribution in [0, 0.1) is 5.92 Å². The Morgan fingerprint density at radius 2 is 1.91 bits per heavy atom. The van der Waals surface area contributed by atoms with Gasteiger partial charge in [0.1, 0.15) is 5.82 Å². The van der Waals surface area contributed by atoms with Crippen molar-refractivity contribution in [3.63, 3.8) is 0 Å². The van der Waals surface area contributed by atoms with Gasteiger partial charge in [0.05, 0.1) is 10.9 Å². The molecule has 5 heteroatoms. The minimum Gasteiger partial charge on any atom is -0.274 e. The molecule has 0 N–H and O–H groups in total. The topological polar surface area (TPSA) is 50.3 Å². The maximum atomic E-state index is 12.6. The van der Waals surface area contributed by atoms with E-state index in [1.165, 1.54) is 11.1 Å². The maximum Gasteiger partial charge on any atom is 0.239 e. The molecule has 0 spiro atoms. The zero-order valence-corrected chi connectivity index (χ0v) is 12.8. The van der Waals surface area contributed by atoms with E-state index < -0.39 is 0 Å². The van der Waals surface area contributed by atoms with Crippen molar-refractivity contribution in [1.82, 2.24) is 4.98 Å². The Morgan fingerprint density at radius 1 is 1.18 bits per heavy atom. The minimum absolute atomic E-state index is 0.0186.